The van der Waals surface area contributed by atoms with Crippen LogP contribution in [0.2, 0.25) is 0 Å². The fraction of sp³-hybridized carbons (Fsp3) is 0.364. The molecule has 0 aliphatic rings. The van der Waals surface area contributed by atoms with Crippen molar-refractivity contribution in [3.05, 3.63) is 26.7 Å². The molecule has 2 aromatic heterocycles. The largest absolute Gasteiger partial charge is 0.480 e. The highest BCUT2D eigenvalue weighted by Crippen LogP contribution is 2.23. The zero-order valence-corrected chi connectivity index (χ0v) is 11.7. The summed E-state index contributed by atoms with van der Waals surface area (Å²) in [5, 5.41) is 0.683. The number of hydrogen-bond donors (Lipinski definition) is 1. The summed E-state index contributed by atoms with van der Waals surface area (Å²) in [7, 11) is 1.54. The van der Waals surface area contributed by atoms with E-state index in [1.165, 1.54) is 11.7 Å². The fourth-order valence-electron chi connectivity index (χ4n) is 1.78. The predicted molar refractivity (Wildman–Crippen MR) is 71.8 cm³/mol. The molecular weight excluding hydrogens is 300 g/mol. The molecule has 0 atom stereocenters. The highest BCUT2D eigenvalue weighted by molar-refractivity contribution is 9.10. The van der Waals surface area contributed by atoms with E-state index in [0.717, 1.165) is 0 Å². The second-order valence-electron chi connectivity index (χ2n) is 3.76. The summed E-state index contributed by atoms with van der Waals surface area (Å²) < 4.78 is 7.18. The number of hydrogen-bond acceptors (Lipinski definition) is 5. The standard InChI is InChI=1S/C11H13BrN4O2/c1-6-14-9-7(10(15-6)18-2)5-8(12)11(17)16(9)4-3-13/h5H,3-4,13H2,1-2H3. The molecule has 0 unspecified atom stereocenters. The van der Waals surface area contributed by atoms with Gasteiger partial charge in [0.05, 0.1) is 17.0 Å². The predicted octanol–water partition coefficient (Wildman–Crippen LogP) is 0.830. The molecule has 6 nitrogen and oxygen atoms in total. The lowest BCUT2D eigenvalue weighted by atomic mass is 10.3. The van der Waals surface area contributed by atoms with Gasteiger partial charge in [-0.15, -0.1) is 0 Å². The third kappa shape index (κ3) is 2.11. The first-order chi connectivity index (χ1) is 8.58. The van der Waals surface area contributed by atoms with Crippen molar-refractivity contribution in [2.45, 2.75) is 13.5 Å². The lowest BCUT2D eigenvalue weighted by Crippen LogP contribution is -2.25. The van der Waals surface area contributed by atoms with Gasteiger partial charge in [-0.1, -0.05) is 0 Å². The van der Waals surface area contributed by atoms with E-state index in [4.69, 9.17) is 10.5 Å². The van der Waals surface area contributed by atoms with Crippen LogP contribution in [0, 0.1) is 6.92 Å². The summed E-state index contributed by atoms with van der Waals surface area (Å²) >= 11 is 3.23. The van der Waals surface area contributed by atoms with Gasteiger partial charge >= 0.3 is 0 Å². The molecule has 0 amide bonds. The average Bonchev–Trinajstić information content (AvgIpc) is 2.35. The zero-order chi connectivity index (χ0) is 13.3. The quantitative estimate of drug-likeness (QED) is 0.907. The third-order valence-electron chi connectivity index (χ3n) is 2.52. The van der Waals surface area contributed by atoms with Crippen LogP contribution < -0.4 is 16.0 Å². The van der Waals surface area contributed by atoms with Gasteiger partial charge in [0.15, 0.2) is 0 Å². The number of aromatic nitrogens is 3. The van der Waals surface area contributed by atoms with Crippen LogP contribution in [0.1, 0.15) is 5.82 Å². The van der Waals surface area contributed by atoms with Gasteiger partial charge < -0.3 is 10.5 Å². The zero-order valence-electron chi connectivity index (χ0n) is 10.1. The highest BCUT2D eigenvalue weighted by Gasteiger charge is 2.13. The summed E-state index contributed by atoms with van der Waals surface area (Å²) in [6.45, 7) is 2.51. The lowest BCUT2D eigenvalue weighted by molar-refractivity contribution is 0.401. The number of aryl methyl sites for hydroxylation is 1. The van der Waals surface area contributed by atoms with Crippen molar-refractivity contribution in [1.29, 1.82) is 0 Å². The van der Waals surface area contributed by atoms with E-state index in [9.17, 15) is 4.79 Å². The molecule has 0 saturated heterocycles. The first-order valence-corrected chi connectivity index (χ1v) is 6.19. The van der Waals surface area contributed by atoms with Gasteiger partial charge in [-0.2, -0.15) is 4.98 Å². The molecule has 2 aromatic rings. The van der Waals surface area contributed by atoms with Gasteiger partial charge in [-0.3, -0.25) is 9.36 Å². The second-order valence-corrected chi connectivity index (χ2v) is 4.61. The number of fused-ring (bicyclic) bond motifs is 1. The van der Waals surface area contributed by atoms with Crippen molar-refractivity contribution in [1.82, 2.24) is 14.5 Å². The van der Waals surface area contributed by atoms with E-state index < -0.39 is 0 Å². The molecule has 0 radical (unpaired) electrons. The average molecular weight is 313 g/mol. The van der Waals surface area contributed by atoms with E-state index >= 15 is 0 Å². The normalized spacial score (nSPS) is 10.9. The van der Waals surface area contributed by atoms with Gasteiger partial charge in [0.25, 0.3) is 5.56 Å². The Labute approximate surface area is 112 Å². The summed E-state index contributed by atoms with van der Waals surface area (Å²) in [5.74, 6) is 0.996. The van der Waals surface area contributed by atoms with E-state index in [1.807, 2.05) is 0 Å². The van der Waals surface area contributed by atoms with E-state index in [2.05, 4.69) is 25.9 Å². The third-order valence-corrected chi connectivity index (χ3v) is 3.09. The highest BCUT2D eigenvalue weighted by atomic mass is 79.9. The molecule has 0 aliphatic heterocycles. The number of methoxy groups -OCH3 is 1. The smallest absolute Gasteiger partial charge is 0.266 e. The summed E-state index contributed by atoms with van der Waals surface area (Å²) in [6, 6.07) is 1.67. The van der Waals surface area contributed by atoms with Crippen LogP contribution in [0.25, 0.3) is 11.0 Å². The molecule has 0 aromatic carbocycles. The molecule has 2 N–H and O–H groups in total. The molecule has 18 heavy (non-hydrogen) atoms. The van der Waals surface area contributed by atoms with Crippen LogP contribution >= 0.6 is 15.9 Å². The molecule has 2 heterocycles. The SMILES string of the molecule is COc1nc(C)nc2c1cc(Br)c(=O)n2CCN. The van der Waals surface area contributed by atoms with Crippen molar-refractivity contribution in [2.75, 3.05) is 13.7 Å². The molecule has 0 aliphatic carbocycles. The van der Waals surface area contributed by atoms with E-state index in [0.29, 0.717) is 40.3 Å². The number of rotatable bonds is 3. The molecular formula is C11H13BrN4O2. The van der Waals surface area contributed by atoms with E-state index in [1.54, 1.807) is 13.0 Å². The Balaban J connectivity index is 2.91. The molecule has 2 rings (SSSR count). The van der Waals surface area contributed by atoms with Crippen molar-refractivity contribution < 1.29 is 4.74 Å². The minimum absolute atomic E-state index is 0.159. The van der Waals surface area contributed by atoms with Crippen molar-refractivity contribution in [2.24, 2.45) is 5.73 Å². The van der Waals surface area contributed by atoms with Gasteiger partial charge in [0, 0.05) is 13.1 Å². The Morgan fingerprint density at radius 3 is 2.83 bits per heavy atom. The van der Waals surface area contributed by atoms with Crippen LogP contribution in [0.4, 0.5) is 0 Å². The fourth-order valence-corrected chi connectivity index (χ4v) is 2.22. The first kappa shape index (κ1) is 13.0. The maximum atomic E-state index is 12.0. The van der Waals surface area contributed by atoms with Crippen LogP contribution in [0.3, 0.4) is 0 Å². The molecule has 0 bridgehead atoms. The summed E-state index contributed by atoms with van der Waals surface area (Å²) in [5.41, 5.74) is 5.91. The van der Waals surface area contributed by atoms with Crippen molar-refractivity contribution in [3.63, 3.8) is 0 Å². The Bertz CT molecular complexity index is 654. The van der Waals surface area contributed by atoms with Crippen LogP contribution in [0.15, 0.2) is 15.3 Å². The lowest BCUT2D eigenvalue weighted by Gasteiger charge is -2.11. The number of ether oxygens (including phenoxy) is 1. The first-order valence-electron chi connectivity index (χ1n) is 5.40. The Kier molecular flexibility index (Phi) is 3.63. The summed E-state index contributed by atoms with van der Waals surface area (Å²) in [6.07, 6.45) is 0. The van der Waals surface area contributed by atoms with Gasteiger partial charge in [0.1, 0.15) is 11.5 Å². The van der Waals surface area contributed by atoms with Crippen LogP contribution in [0.5, 0.6) is 5.88 Å². The van der Waals surface area contributed by atoms with Crippen molar-refractivity contribution >= 4 is 27.0 Å². The van der Waals surface area contributed by atoms with Gasteiger partial charge in [-0.25, -0.2) is 4.98 Å². The molecule has 96 valence electrons. The number of halogens is 1. The topological polar surface area (TPSA) is 83.0 Å². The minimum atomic E-state index is -0.159. The second kappa shape index (κ2) is 5.03. The molecule has 0 saturated carbocycles. The monoisotopic (exact) mass is 312 g/mol. The number of nitrogens with two attached hydrogens (primary N) is 1. The molecule has 0 spiro atoms. The van der Waals surface area contributed by atoms with Crippen LogP contribution in [-0.2, 0) is 6.54 Å². The number of pyridine rings is 1. The van der Waals surface area contributed by atoms with Crippen molar-refractivity contribution in [3.8, 4) is 5.88 Å². The molecule has 0 fully saturated rings. The summed E-state index contributed by atoms with van der Waals surface area (Å²) in [4.78, 5) is 20.5. The number of nitrogens with zero attached hydrogens (tertiary/aromatic N) is 3. The van der Waals surface area contributed by atoms with Gasteiger partial charge in [-0.05, 0) is 28.9 Å². The van der Waals surface area contributed by atoms with Gasteiger partial charge in [0.2, 0.25) is 5.88 Å². The molecule has 7 heteroatoms. The van der Waals surface area contributed by atoms with Crippen LogP contribution in [-0.4, -0.2) is 28.2 Å². The Hall–Kier alpha value is -1.47. The minimum Gasteiger partial charge on any atom is -0.480 e. The maximum Gasteiger partial charge on any atom is 0.266 e. The van der Waals surface area contributed by atoms with E-state index in [-0.39, 0.29) is 5.56 Å². The Morgan fingerprint density at radius 1 is 1.50 bits per heavy atom. The maximum absolute atomic E-state index is 12.0. The Morgan fingerprint density at radius 2 is 2.22 bits per heavy atom.